The van der Waals surface area contributed by atoms with Crippen molar-refractivity contribution in [3.05, 3.63) is 40.5 Å². The van der Waals surface area contributed by atoms with Gasteiger partial charge in [-0.3, -0.25) is 0 Å². The predicted molar refractivity (Wildman–Crippen MR) is 56.4 cm³/mol. The van der Waals surface area contributed by atoms with E-state index in [0.717, 1.165) is 5.56 Å². The lowest BCUT2D eigenvalue weighted by Gasteiger charge is -2.05. The second-order valence-electron chi connectivity index (χ2n) is 3.37. The number of aryl methyl sites for hydroxylation is 1. The normalized spacial score (nSPS) is 11.3. The molecular formula is C11H8ClF2N. The largest absolute Gasteiger partial charge is 0.266 e. The van der Waals surface area contributed by atoms with Crippen molar-refractivity contribution >= 4 is 22.5 Å². The van der Waals surface area contributed by atoms with Gasteiger partial charge in [-0.2, -0.15) is 0 Å². The monoisotopic (exact) mass is 227 g/mol. The Labute approximate surface area is 90.7 Å². The van der Waals surface area contributed by atoms with E-state index in [0.29, 0.717) is 10.9 Å². The molecule has 4 heteroatoms. The number of aromatic nitrogens is 1. The average Bonchev–Trinajstić information content (AvgIpc) is 2.15. The first-order valence-corrected chi connectivity index (χ1v) is 4.80. The minimum Gasteiger partial charge on any atom is -0.236 e. The zero-order chi connectivity index (χ0) is 11.0. The maximum absolute atomic E-state index is 12.5. The molecule has 2 aromatic rings. The van der Waals surface area contributed by atoms with Crippen LogP contribution in [0.25, 0.3) is 10.9 Å². The molecule has 2 rings (SSSR count). The Morgan fingerprint density at radius 3 is 2.67 bits per heavy atom. The Hall–Kier alpha value is -1.22. The van der Waals surface area contributed by atoms with E-state index in [4.69, 9.17) is 11.6 Å². The minimum absolute atomic E-state index is 0.122. The van der Waals surface area contributed by atoms with E-state index >= 15 is 0 Å². The molecule has 0 N–H and O–H groups in total. The molecule has 0 fully saturated rings. The average molecular weight is 228 g/mol. The highest BCUT2D eigenvalue weighted by atomic mass is 35.5. The van der Waals surface area contributed by atoms with Gasteiger partial charge in [0.25, 0.3) is 6.43 Å². The van der Waals surface area contributed by atoms with Crippen LogP contribution in [0.1, 0.15) is 17.6 Å². The summed E-state index contributed by atoms with van der Waals surface area (Å²) < 4.78 is 25.0. The van der Waals surface area contributed by atoms with Crippen LogP contribution in [0.4, 0.5) is 8.78 Å². The molecule has 0 saturated carbocycles. The van der Waals surface area contributed by atoms with Gasteiger partial charge < -0.3 is 0 Å². The molecule has 0 aliphatic carbocycles. The van der Waals surface area contributed by atoms with Gasteiger partial charge in [0.15, 0.2) is 0 Å². The van der Waals surface area contributed by atoms with E-state index < -0.39 is 6.43 Å². The lowest BCUT2D eigenvalue weighted by Crippen LogP contribution is -1.91. The quantitative estimate of drug-likeness (QED) is 0.668. The topological polar surface area (TPSA) is 12.9 Å². The Kier molecular flexibility index (Phi) is 2.57. The van der Waals surface area contributed by atoms with Crippen molar-refractivity contribution in [2.45, 2.75) is 13.3 Å². The van der Waals surface area contributed by atoms with E-state index in [1.807, 2.05) is 19.1 Å². The first kappa shape index (κ1) is 10.3. The molecule has 1 heterocycles. The molecule has 0 aliphatic rings. The Bertz CT molecular complexity index is 511. The van der Waals surface area contributed by atoms with Crippen LogP contribution in [0.5, 0.6) is 0 Å². The zero-order valence-electron chi connectivity index (χ0n) is 7.97. The molecule has 78 valence electrons. The van der Waals surface area contributed by atoms with Gasteiger partial charge in [-0.1, -0.05) is 23.7 Å². The summed E-state index contributed by atoms with van der Waals surface area (Å²) in [4.78, 5) is 3.94. The van der Waals surface area contributed by atoms with Crippen molar-refractivity contribution in [3.8, 4) is 0 Å². The highest BCUT2D eigenvalue weighted by Gasteiger charge is 2.13. The molecule has 0 spiro atoms. The third-order valence-electron chi connectivity index (χ3n) is 2.19. The number of alkyl halides is 2. The standard InChI is InChI=1S/C11H8ClF2N/c1-6-2-3-7-5-8(11(13)14)10(12)15-9(7)4-6/h2-5,11H,1H3. The summed E-state index contributed by atoms with van der Waals surface area (Å²) >= 11 is 5.66. The molecule has 0 bridgehead atoms. The van der Waals surface area contributed by atoms with Crippen LogP contribution in [0.3, 0.4) is 0 Å². The maximum Gasteiger partial charge on any atom is 0.266 e. The first-order chi connectivity index (χ1) is 7.08. The summed E-state index contributed by atoms with van der Waals surface area (Å²) in [6.07, 6.45) is -2.59. The number of hydrogen-bond donors (Lipinski definition) is 0. The van der Waals surface area contributed by atoms with Crippen LogP contribution in [0, 0.1) is 6.92 Å². The first-order valence-electron chi connectivity index (χ1n) is 4.43. The van der Waals surface area contributed by atoms with E-state index in [1.54, 1.807) is 6.07 Å². The van der Waals surface area contributed by atoms with Crippen molar-refractivity contribution in [1.82, 2.24) is 4.98 Å². The van der Waals surface area contributed by atoms with Crippen LogP contribution >= 0.6 is 11.6 Å². The molecule has 0 atom stereocenters. The summed E-state index contributed by atoms with van der Waals surface area (Å²) in [5.74, 6) is 0. The summed E-state index contributed by atoms with van der Waals surface area (Å²) in [6.45, 7) is 1.91. The lowest BCUT2D eigenvalue weighted by molar-refractivity contribution is 0.151. The molecule has 0 unspecified atom stereocenters. The van der Waals surface area contributed by atoms with Crippen LogP contribution in [-0.4, -0.2) is 4.98 Å². The van der Waals surface area contributed by atoms with Gasteiger partial charge in [0.1, 0.15) is 5.15 Å². The van der Waals surface area contributed by atoms with Crippen LogP contribution in [-0.2, 0) is 0 Å². The predicted octanol–water partition coefficient (Wildman–Crippen LogP) is 4.13. The van der Waals surface area contributed by atoms with Crippen LogP contribution in [0.2, 0.25) is 5.15 Å². The zero-order valence-corrected chi connectivity index (χ0v) is 8.72. The SMILES string of the molecule is Cc1ccc2cc(C(F)F)c(Cl)nc2c1. The van der Waals surface area contributed by atoms with Gasteiger partial charge in [-0.25, -0.2) is 13.8 Å². The molecule has 0 aliphatic heterocycles. The third-order valence-corrected chi connectivity index (χ3v) is 2.49. The summed E-state index contributed by atoms with van der Waals surface area (Å²) in [7, 11) is 0. The van der Waals surface area contributed by atoms with Crippen LogP contribution < -0.4 is 0 Å². The summed E-state index contributed by atoms with van der Waals surface area (Å²) in [5, 5.41) is 0.559. The molecule has 0 saturated heterocycles. The molecule has 1 aromatic carbocycles. The smallest absolute Gasteiger partial charge is 0.236 e. The fourth-order valence-corrected chi connectivity index (χ4v) is 1.65. The summed E-state index contributed by atoms with van der Waals surface area (Å²) in [6, 6.07) is 6.82. The van der Waals surface area contributed by atoms with E-state index in [2.05, 4.69) is 4.98 Å². The molecule has 1 nitrogen and oxygen atoms in total. The van der Waals surface area contributed by atoms with Gasteiger partial charge >= 0.3 is 0 Å². The Morgan fingerprint density at radius 1 is 1.27 bits per heavy atom. The second kappa shape index (κ2) is 3.74. The van der Waals surface area contributed by atoms with Crippen LogP contribution in [0.15, 0.2) is 24.3 Å². The lowest BCUT2D eigenvalue weighted by atomic mass is 10.1. The van der Waals surface area contributed by atoms with Gasteiger partial charge in [-0.15, -0.1) is 0 Å². The number of pyridine rings is 1. The highest BCUT2D eigenvalue weighted by Crippen LogP contribution is 2.28. The van der Waals surface area contributed by atoms with Crippen molar-refractivity contribution in [1.29, 1.82) is 0 Å². The van der Waals surface area contributed by atoms with Gasteiger partial charge in [0.2, 0.25) is 0 Å². The van der Waals surface area contributed by atoms with Gasteiger partial charge in [-0.05, 0) is 24.6 Å². The van der Waals surface area contributed by atoms with Crippen molar-refractivity contribution in [2.75, 3.05) is 0 Å². The van der Waals surface area contributed by atoms with E-state index in [1.165, 1.54) is 6.07 Å². The fraction of sp³-hybridized carbons (Fsp3) is 0.182. The van der Waals surface area contributed by atoms with Gasteiger partial charge in [0, 0.05) is 5.39 Å². The summed E-state index contributed by atoms with van der Waals surface area (Å²) in [5.41, 5.74) is 1.45. The number of nitrogens with zero attached hydrogens (tertiary/aromatic N) is 1. The number of benzene rings is 1. The highest BCUT2D eigenvalue weighted by molar-refractivity contribution is 6.30. The van der Waals surface area contributed by atoms with Crippen molar-refractivity contribution < 1.29 is 8.78 Å². The fourth-order valence-electron chi connectivity index (χ4n) is 1.42. The second-order valence-corrected chi connectivity index (χ2v) is 3.72. The number of hydrogen-bond acceptors (Lipinski definition) is 1. The molecule has 15 heavy (non-hydrogen) atoms. The maximum atomic E-state index is 12.5. The number of halogens is 3. The minimum atomic E-state index is -2.59. The Balaban J connectivity index is 2.71. The van der Waals surface area contributed by atoms with E-state index in [9.17, 15) is 8.78 Å². The third kappa shape index (κ3) is 1.92. The van der Waals surface area contributed by atoms with Gasteiger partial charge in [0.05, 0.1) is 11.1 Å². The van der Waals surface area contributed by atoms with Crippen molar-refractivity contribution in [2.24, 2.45) is 0 Å². The Morgan fingerprint density at radius 2 is 2.00 bits per heavy atom. The molecule has 0 amide bonds. The number of rotatable bonds is 1. The van der Waals surface area contributed by atoms with Crippen molar-refractivity contribution in [3.63, 3.8) is 0 Å². The molecular weight excluding hydrogens is 220 g/mol. The number of fused-ring (bicyclic) bond motifs is 1. The van der Waals surface area contributed by atoms with E-state index in [-0.39, 0.29) is 10.7 Å². The molecule has 1 aromatic heterocycles. The molecule has 0 radical (unpaired) electrons.